The van der Waals surface area contributed by atoms with Crippen LogP contribution in [0.1, 0.15) is 36.8 Å². The van der Waals surface area contributed by atoms with Gasteiger partial charge in [0.05, 0.1) is 5.69 Å². The molecular weight excluding hydrogens is 566 g/mol. The molecule has 3 aromatic rings. The fourth-order valence-electron chi connectivity index (χ4n) is 6.43. The molecule has 1 unspecified atom stereocenters. The molecule has 1 N–H and O–H groups in total. The second-order valence-corrected chi connectivity index (χ2v) is 13.0. The summed E-state index contributed by atoms with van der Waals surface area (Å²) in [5.74, 6) is 1.09. The number of nitrogens with one attached hydrogen (secondary N) is 1. The zero-order chi connectivity index (χ0) is 28.7. The molecule has 3 aromatic carbocycles. The number of unbranched alkanes of at least 4 members (excludes halogenated alkanes) is 1. The summed E-state index contributed by atoms with van der Waals surface area (Å²) in [7, 11) is 0. The van der Waals surface area contributed by atoms with Crippen LogP contribution in [0.3, 0.4) is 0 Å². The first-order chi connectivity index (χ1) is 20.5. The summed E-state index contributed by atoms with van der Waals surface area (Å²) in [5.41, 5.74) is 2.10. The summed E-state index contributed by atoms with van der Waals surface area (Å²) in [5, 5.41) is 3.70. The topological polar surface area (TPSA) is 68.2 Å². The third-order valence-electron chi connectivity index (χ3n) is 8.84. The van der Waals surface area contributed by atoms with E-state index in [9.17, 15) is 9.59 Å². The average molecular weight is 600 g/mol. The van der Waals surface area contributed by atoms with Crippen molar-refractivity contribution in [2.45, 2.75) is 41.0 Å². The molecular formula is C33H34ClN5O2S. The van der Waals surface area contributed by atoms with E-state index < -0.39 is 5.54 Å². The van der Waals surface area contributed by atoms with Gasteiger partial charge in [0, 0.05) is 53.1 Å². The number of carbonyl (C=O) groups excluding carboxylic acids is 2. The standard InChI is InChI=1S/C33H34ClN5O2S/c34-25-15-13-24(14-16-25)33(23-11-12-23)31(40)39(32(41)36-33)18-6-5-17-37-19-21-38(22-20-37)30-26-7-1-3-9-28(26)42-29-10-4-2-8-27(29)35-30/h1-4,7-10,13-16,23H,5-6,11-12,17-22H2,(H,36,41). The minimum absolute atomic E-state index is 0.116. The predicted octanol–water partition coefficient (Wildman–Crippen LogP) is 6.14. The number of amidine groups is 1. The molecule has 0 spiro atoms. The molecule has 4 aliphatic rings. The highest BCUT2D eigenvalue weighted by molar-refractivity contribution is 7.99. The van der Waals surface area contributed by atoms with Crippen molar-refractivity contribution in [2.75, 3.05) is 39.3 Å². The number of benzene rings is 3. The average Bonchev–Trinajstić information content (AvgIpc) is 3.84. The predicted molar refractivity (Wildman–Crippen MR) is 167 cm³/mol. The SMILES string of the molecule is O=C1NC(c2ccc(Cl)cc2)(C2CC2)C(=O)N1CCCCN1CCN(C2=Nc3ccccc3Sc3ccccc32)CC1. The van der Waals surface area contributed by atoms with Gasteiger partial charge < -0.3 is 10.2 Å². The van der Waals surface area contributed by atoms with Crippen molar-refractivity contribution >= 4 is 46.8 Å². The number of rotatable bonds is 7. The Morgan fingerprint density at radius 2 is 1.55 bits per heavy atom. The van der Waals surface area contributed by atoms with Crippen LogP contribution < -0.4 is 5.32 Å². The first-order valence-corrected chi connectivity index (χ1v) is 16.0. The Labute approximate surface area is 255 Å². The second-order valence-electron chi connectivity index (χ2n) is 11.5. The van der Waals surface area contributed by atoms with Gasteiger partial charge in [0.2, 0.25) is 0 Å². The van der Waals surface area contributed by atoms with Gasteiger partial charge in [-0.1, -0.05) is 65.8 Å². The zero-order valence-electron chi connectivity index (χ0n) is 23.5. The highest BCUT2D eigenvalue weighted by Crippen LogP contribution is 2.49. The number of para-hydroxylation sites is 1. The van der Waals surface area contributed by atoms with Gasteiger partial charge in [0.15, 0.2) is 0 Å². The Kier molecular flexibility index (Phi) is 7.46. The maximum atomic E-state index is 13.7. The van der Waals surface area contributed by atoms with E-state index in [1.165, 1.54) is 20.3 Å². The van der Waals surface area contributed by atoms with E-state index in [1.807, 2.05) is 12.1 Å². The number of hydrogen-bond donors (Lipinski definition) is 1. The summed E-state index contributed by atoms with van der Waals surface area (Å²) in [4.78, 5) is 40.5. The fraction of sp³-hybridized carbons (Fsp3) is 0.364. The highest BCUT2D eigenvalue weighted by Gasteiger charge is 2.59. The monoisotopic (exact) mass is 599 g/mol. The van der Waals surface area contributed by atoms with Crippen molar-refractivity contribution in [3.8, 4) is 0 Å². The van der Waals surface area contributed by atoms with Gasteiger partial charge in [-0.3, -0.25) is 14.6 Å². The Morgan fingerprint density at radius 3 is 2.31 bits per heavy atom. The lowest BCUT2D eigenvalue weighted by Crippen LogP contribution is -2.49. The van der Waals surface area contributed by atoms with Crippen molar-refractivity contribution in [1.29, 1.82) is 0 Å². The Morgan fingerprint density at radius 1 is 0.857 bits per heavy atom. The minimum atomic E-state index is -0.948. The van der Waals surface area contributed by atoms with Crippen molar-refractivity contribution < 1.29 is 9.59 Å². The molecule has 42 heavy (non-hydrogen) atoms. The number of halogens is 1. The van der Waals surface area contributed by atoms with Crippen LogP contribution in [0.2, 0.25) is 5.02 Å². The number of nitrogens with zero attached hydrogens (tertiary/aromatic N) is 4. The lowest BCUT2D eigenvalue weighted by molar-refractivity contribution is -0.132. The van der Waals surface area contributed by atoms with Crippen molar-refractivity contribution in [3.63, 3.8) is 0 Å². The minimum Gasteiger partial charge on any atom is -0.354 e. The van der Waals surface area contributed by atoms with Crippen molar-refractivity contribution in [3.05, 3.63) is 88.9 Å². The lowest BCUT2D eigenvalue weighted by Gasteiger charge is -2.36. The van der Waals surface area contributed by atoms with Crippen LogP contribution in [0.25, 0.3) is 0 Å². The molecule has 3 aliphatic heterocycles. The summed E-state index contributed by atoms with van der Waals surface area (Å²) < 4.78 is 0. The first kappa shape index (κ1) is 27.5. The molecule has 1 aliphatic carbocycles. The summed E-state index contributed by atoms with van der Waals surface area (Å²) in [6.45, 7) is 5.14. The van der Waals surface area contributed by atoms with Crippen LogP contribution in [-0.4, -0.2) is 71.7 Å². The largest absolute Gasteiger partial charge is 0.354 e. The molecule has 7 nitrogen and oxygen atoms in total. The van der Waals surface area contributed by atoms with Crippen LogP contribution in [0.15, 0.2) is 87.6 Å². The summed E-state index contributed by atoms with van der Waals surface area (Å²) in [6.07, 6.45) is 3.60. The molecule has 3 heterocycles. The van der Waals surface area contributed by atoms with Crippen molar-refractivity contribution in [1.82, 2.24) is 20.0 Å². The molecule has 0 radical (unpaired) electrons. The van der Waals surface area contributed by atoms with Crippen LogP contribution in [-0.2, 0) is 10.3 Å². The van der Waals surface area contributed by atoms with Crippen LogP contribution in [0.4, 0.5) is 10.5 Å². The van der Waals surface area contributed by atoms with E-state index in [-0.39, 0.29) is 17.9 Å². The van der Waals surface area contributed by atoms with Gasteiger partial charge >= 0.3 is 6.03 Å². The molecule has 2 saturated heterocycles. The van der Waals surface area contributed by atoms with Gasteiger partial charge in [0.25, 0.3) is 5.91 Å². The summed E-state index contributed by atoms with van der Waals surface area (Å²) >= 11 is 7.88. The second kappa shape index (κ2) is 11.4. The maximum absolute atomic E-state index is 13.7. The van der Waals surface area contributed by atoms with Crippen LogP contribution in [0, 0.1) is 5.92 Å². The Bertz CT molecular complexity index is 1530. The Hall–Kier alpha value is -3.33. The van der Waals surface area contributed by atoms with Gasteiger partial charge in [-0.25, -0.2) is 9.79 Å². The van der Waals surface area contributed by atoms with Crippen molar-refractivity contribution in [2.24, 2.45) is 10.9 Å². The van der Waals surface area contributed by atoms with Gasteiger partial charge in [-0.15, -0.1) is 0 Å². The molecule has 1 saturated carbocycles. The first-order valence-electron chi connectivity index (χ1n) is 14.9. The van der Waals surface area contributed by atoms with Gasteiger partial charge in [-0.2, -0.15) is 0 Å². The van der Waals surface area contributed by atoms with E-state index in [2.05, 4.69) is 63.6 Å². The molecule has 1 atom stereocenters. The third kappa shape index (κ3) is 5.10. The molecule has 3 fully saturated rings. The number of carbonyl (C=O) groups is 2. The number of hydrogen-bond acceptors (Lipinski definition) is 6. The molecule has 0 bridgehead atoms. The van der Waals surface area contributed by atoms with E-state index in [0.717, 1.165) is 75.5 Å². The number of fused-ring (bicyclic) bond motifs is 2. The highest BCUT2D eigenvalue weighted by atomic mass is 35.5. The van der Waals surface area contributed by atoms with E-state index in [1.54, 1.807) is 23.9 Å². The van der Waals surface area contributed by atoms with Crippen LogP contribution >= 0.6 is 23.4 Å². The number of imide groups is 1. The Balaban J connectivity index is 0.946. The quantitative estimate of drug-likeness (QED) is 0.261. The normalized spacial score (nSPS) is 22.4. The fourth-order valence-corrected chi connectivity index (χ4v) is 7.58. The molecule has 9 heteroatoms. The summed E-state index contributed by atoms with van der Waals surface area (Å²) in [6, 6.07) is 24.0. The zero-order valence-corrected chi connectivity index (χ0v) is 25.0. The lowest BCUT2D eigenvalue weighted by atomic mass is 9.85. The smallest absolute Gasteiger partial charge is 0.325 e. The number of piperazine rings is 1. The third-order valence-corrected chi connectivity index (χ3v) is 10.2. The molecule has 216 valence electrons. The van der Waals surface area contributed by atoms with Gasteiger partial charge in [-0.05, 0) is 74.0 Å². The maximum Gasteiger partial charge on any atom is 0.325 e. The van der Waals surface area contributed by atoms with E-state index in [4.69, 9.17) is 16.6 Å². The number of urea groups is 1. The molecule has 0 aromatic heterocycles. The van der Waals surface area contributed by atoms with E-state index >= 15 is 0 Å². The number of aliphatic imine (C=N–C) groups is 1. The van der Waals surface area contributed by atoms with Gasteiger partial charge in [0.1, 0.15) is 11.4 Å². The van der Waals surface area contributed by atoms with E-state index in [0.29, 0.717) is 11.6 Å². The molecule has 3 amide bonds. The number of amides is 3. The van der Waals surface area contributed by atoms with Crippen LogP contribution in [0.5, 0.6) is 0 Å². The molecule has 7 rings (SSSR count).